The lowest BCUT2D eigenvalue weighted by Crippen LogP contribution is -2.50. The molecule has 0 saturated heterocycles. The SMILES string of the molecule is C[C@H](CO)N1C[C@H](C)[C@@H](CN(C)C(=O)CC2CC2)Oc2ncc(C#Cc3cccnc3)cc2C1=O. The van der Waals surface area contributed by atoms with Crippen LogP contribution in [-0.4, -0.2) is 75.6 Å². The summed E-state index contributed by atoms with van der Waals surface area (Å²) in [6, 6.07) is 4.96. The van der Waals surface area contributed by atoms with E-state index in [0.29, 0.717) is 36.6 Å². The first-order valence-electron chi connectivity index (χ1n) is 12.1. The highest BCUT2D eigenvalue weighted by molar-refractivity contribution is 5.97. The summed E-state index contributed by atoms with van der Waals surface area (Å²) >= 11 is 0. The summed E-state index contributed by atoms with van der Waals surface area (Å²) in [6.45, 7) is 4.43. The Kier molecular flexibility index (Phi) is 7.67. The molecule has 0 spiro atoms. The predicted molar refractivity (Wildman–Crippen MR) is 131 cm³/mol. The lowest BCUT2D eigenvalue weighted by Gasteiger charge is -2.37. The Hall–Kier alpha value is -3.44. The molecular formula is C27H32N4O4. The molecule has 0 bridgehead atoms. The first kappa shape index (κ1) is 24.7. The summed E-state index contributed by atoms with van der Waals surface area (Å²) < 4.78 is 6.27. The molecule has 1 aliphatic carbocycles. The van der Waals surface area contributed by atoms with Gasteiger partial charge in [0.15, 0.2) is 0 Å². The Balaban J connectivity index is 1.63. The van der Waals surface area contributed by atoms with Crippen LogP contribution in [-0.2, 0) is 4.79 Å². The molecule has 1 N–H and O–H groups in total. The van der Waals surface area contributed by atoms with Gasteiger partial charge < -0.3 is 19.6 Å². The number of pyridine rings is 2. The van der Waals surface area contributed by atoms with Crippen molar-refractivity contribution in [2.75, 3.05) is 26.7 Å². The minimum atomic E-state index is -0.379. The van der Waals surface area contributed by atoms with E-state index in [2.05, 4.69) is 21.8 Å². The van der Waals surface area contributed by atoms with Gasteiger partial charge in [-0.05, 0) is 43.9 Å². The number of aliphatic hydroxyl groups is 1. The van der Waals surface area contributed by atoms with Crippen LogP contribution in [0.5, 0.6) is 5.88 Å². The molecule has 4 rings (SSSR count). The number of rotatable bonds is 6. The Bertz CT molecular complexity index is 1120. The molecule has 184 valence electrons. The molecule has 3 atom stereocenters. The molecule has 2 aliphatic rings. The molecular weight excluding hydrogens is 444 g/mol. The van der Waals surface area contributed by atoms with Crippen LogP contribution in [0.25, 0.3) is 0 Å². The van der Waals surface area contributed by atoms with E-state index in [0.717, 1.165) is 18.4 Å². The van der Waals surface area contributed by atoms with Gasteiger partial charge in [0.25, 0.3) is 5.91 Å². The van der Waals surface area contributed by atoms with E-state index in [1.54, 1.807) is 41.5 Å². The van der Waals surface area contributed by atoms with Crippen LogP contribution in [0, 0.1) is 23.7 Å². The third-order valence-corrected chi connectivity index (χ3v) is 6.57. The summed E-state index contributed by atoms with van der Waals surface area (Å²) in [7, 11) is 1.80. The van der Waals surface area contributed by atoms with Gasteiger partial charge in [0, 0.05) is 55.6 Å². The van der Waals surface area contributed by atoms with Crippen molar-refractivity contribution >= 4 is 11.8 Å². The molecule has 8 heteroatoms. The van der Waals surface area contributed by atoms with Crippen LogP contribution in [0.4, 0.5) is 0 Å². The second-order valence-electron chi connectivity index (χ2n) is 9.61. The molecule has 2 aromatic heterocycles. The highest BCUT2D eigenvalue weighted by atomic mass is 16.5. The quantitative estimate of drug-likeness (QED) is 0.643. The number of carbonyl (C=O) groups is 2. The first-order valence-corrected chi connectivity index (χ1v) is 12.1. The molecule has 0 radical (unpaired) electrons. The summed E-state index contributed by atoms with van der Waals surface area (Å²) in [5.74, 6) is 6.56. The van der Waals surface area contributed by atoms with E-state index in [-0.39, 0.29) is 42.4 Å². The van der Waals surface area contributed by atoms with Crippen molar-refractivity contribution in [3.8, 4) is 17.7 Å². The van der Waals surface area contributed by atoms with Gasteiger partial charge in [0.1, 0.15) is 11.7 Å². The zero-order valence-corrected chi connectivity index (χ0v) is 20.5. The third-order valence-electron chi connectivity index (χ3n) is 6.57. The maximum Gasteiger partial charge on any atom is 0.259 e. The number of amides is 2. The summed E-state index contributed by atoms with van der Waals surface area (Å²) in [4.78, 5) is 38.0. The maximum absolute atomic E-state index is 13.5. The van der Waals surface area contributed by atoms with E-state index >= 15 is 0 Å². The van der Waals surface area contributed by atoms with Gasteiger partial charge in [-0.15, -0.1) is 0 Å². The van der Waals surface area contributed by atoms with Gasteiger partial charge in [-0.2, -0.15) is 0 Å². The first-order chi connectivity index (χ1) is 16.9. The van der Waals surface area contributed by atoms with Crippen LogP contribution in [0.1, 0.15) is 54.6 Å². The van der Waals surface area contributed by atoms with Gasteiger partial charge in [-0.1, -0.05) is 18.8 Å². The Morgan fingerprint density at radius 3 is 2.77 bits per heavy atom. The summed E-state index contributed by atoms with van der Waals surface area (Å²) in [5, 5.41) is 9.82. The fraction of sp³-hybridized carbons (Fsp3) is 0.481. The predicted octanol–water partition coefficient (Wildman–Crippen LogP) is 2.35. The van der Waals surface area contributed by atoms with Crippen LogP contribution < -0.4 is 4.74 Å². The monoisotopic (exact) mass is 476 g/mol. The van der Waals surface area contributed by atoms with Crippen molar-refractivity contribution in [3.63, 3.8) is 0 Å². The molecule has 0 aromatic carbocycles. The number of aromatic nitrogens is 2. The second-order valence-corrected chi connectivity index (χ2v) is 9.61. The average Bonchev–Trinajstić information content (AvgIpc) is 3.69. The lowest BCUT2D eigenvalue weighted by atomic mass is 9.99. The Labute approximate surface area is 206 Å². The molecule has 8 nitrogen and oxygen atoms in total. The van der Waals surface area contributed by atoms with E-state index in [9.17, 15) is 14.7 Å². The Morgan fingerprint density at radius 1 is 1.31 bits per heavy atom. The molecule has 0 unspecified atom stereocenters. The van der Waals surface area contributed by atoms with Gasteiger partial charge in [-0.3, -0.25) is 14.6 Å². The van der Waals surface area contributed by atoms with Crippen molar-refractivity contribution in [2.45, 2.75) is 45.3 Å². The minimum absolute atomic E-state index is 0.0795. The van der Waals surface area contributed by atoms with E-state index in [1.807, 2.05) is 26.0 Å². The molecule has 1 fully saturated rings. The van der Waals surface area contributed by atoms with Crippen LogP contribution in [0.2, 0.25) is 0 Å². The van der Waals surface area contributed by atoms with Crippen molar-refractivity contribution in [1.82, 2.24) is 19.8 Å². The minimum Gasteiger partial charge on any atom is -0.472 e. The van der Waals surface area contributed by atoms with Crippen LogP contribution in [0.15, 0.2) is 36.8 Å². The van der Waals surface area contributed by atoms with Crippen molar-refractivity contribution < 1.29 is 19.4 Å². The number of fused-ring (bicyclic) bond motifs is 1. The third kappa shape index (κ3) is 6.17. The zero-order valence-electron chi connectivity index (χ0n) is 20.5. The second kappa shape index (κ2) is 10.9. The normalized spacial score (nSPS) is 20.5. The average molecular weight is 477 g/mol. The van der Waals surface area contributed by atoms with Crippen molar-refractivity contribution in [3.05, 3.63) is 53.5 Å². The van der Waals surface area contributed by atoms with Gasteiger partial charge >= 0.3 is 0 Å². The molecule has 2 amide bonds. The topological polar surface area (TPSA) is 95.9 Å². The van der Waals surface area contributed by atoms with Crippen LogP contribution in [0.3, 0.4) is 0 Å². The highest BCUT2D eigenvalue weighted by Gasteiger charge is 2.35. The molecule has 1 saturated carbocycles. The van der Waals surface area contributed by atoms with Gasteiger partial charge in [-0.25, -0.2) is 4.98 Å². The van der Waals surface area contributed by atoms with E-state index < -0.39 is 0 Å². The summed E-state index contributed by atoms with van der Waals surface area (Å²) in [6.07, 6.45) is 7.38. The van der Waals surface area contributed by atoms with Crippen LogP contribution >= 0.6 is 0 Å². The van der Waals surface area contributed by atoms with E-state index in [4.69, 9.17) is 4.74 Å². The maximum atomic E-state index is 13.5. The van der Waals surface area contributed by atoms with Gasteiger partial charge in [0.2, 0.25) is 11.8 Å². The molecule has 2 aromatic rings. The molecule has 1 aliphatic heterocycles. The Morgan fingerprint density at radius 2 is 2.09 bits per heavy atom. The fourth-order valence-electron chi connectivity index (χ4n) is 4.07. The highest BCUT2D eigenvalue weighted by Crippen LogP contribution is 2.33. The number of likely N-dealkylation sites (N-methyl/N-ethyl adjacent to an activating group) is 1. The van der Waals surface area contributed by atoms with E-state index in [1.165, 1.54) is 0 Å². The standard InChI is InChI=1S/C27H32N4O4/c1-18-15-31(19(2)17-32)27(34)23-11-22(9-8-21-5-4-10-28-13-21)14-29-26(23)35-24(18)16-30(3)25(33)12-20-6-7-20/h4-5,10-11,13-14,18-20,24,32H,6-7,12,15-17H2,1-3H3/t18-,19+,24+/m0/s1. The molecule has 3 heterocycles. The smallest absolute Gasteiger partial charge is 0.259 e. The number of aliphatic hydroxyl groups excluding tert-OH is 1. The van der Waals surface area contributed by atoms with Gasteiger partial charge in [0.05, 0.1) is 19.2 Å². The number of ether oxygens (including phenoxy) is 1. The molecule has 35 heavy (non-hydrogen) atoms. The largest absolute Gasteiger partial charge is 0.472 e. The number of hydrogen-bond acceptors (Lipinski definition) is 6. The zero-order chi connectivity index (χ0) is 24.9. The fourth-order valence-corrected chi connectivity index (χ4v) is 4.07. The van der Waals surface area contributed by atoms with Crippen molar-refractivity contribution in [1.29, 1.82) is 0 Å². The number of carbonyl (C=O) groups excluding carboxylic acids is 2. The van der Waals surface area contributed by atoms with Crippen molar-refractivity contribution in [2.24, 2.45) is 11.8 Å². The summed E-state index contributed by atoms with van der Waals surface area (Å²) in [5.41, 5.74) is 1.63. The number of hydrogen-bond donors (Lipinski definition) is 1. The number of nitrogens with zero attached hydrogens (tertiary/aromatic N) is 4. The lowest BCUT2D eigenvalue weighted by molar-refractivity contribution is -0.131.